The number of para-hydroxylation sites is 7. The van der Waals surface area contributed by atoms with E-state index in [1.54, 1.807) is 23.0 Å². The molecule has 23 aromatic rings. The van der Waals surface area contributed by atoms with Crippen molar-refractivity contribution in [1.82, 2.24) is 47.2 Å². The molecule has 0 atom stereocenters. The first kappa shape index (κ1) is 59.1. The minimum Gasteiger partial charge on any atom is -0.309 e. The van der Waals surface area contributed by atoms with Crippen molar-refractivity contribution in [2.24, 2.45) is 0 Å². The van der Waals surface area contributed by atoms with Gasteiger partial charge in [0.1, 0.15) is 28.2 Å². The van der Waals surface area contributed by atoms with Crippen LogP contribution in [0.15, 0.2) is 350 Å². The normalized spacial score (nSPS) is 12.0. The molecule has 0 N–H and O–H groups in total. The summed E-state index contributed by atoms with van der Waals surface area (Å²) < 4.78 is 12.7. The molecule has 0 saturated carbocycles. The van der Waals surface area contributed by atoms with Gasteiger partial charge >= 0.3 is 0 Å². The third-order valence-electron chi connectivity index (χ3n) is 21.6. The van der Waals surface area contributed by atoms with Crippen molar-refractivity contribution in [1.29, 1.82) is 0 Å². The van der Waals surface area contributed by atoms with Crippen LogP contribution in [-0.2, 0) is 0 Å². The zero-order chi connectivity index (χ0) is 69.8. The van der Waals surface area contributed by atoms with Gasteiger partial charge in [-0.15, -0.1) is 0 Å². The van der Waals surface area contributed by atoms with E-state index in [4.69, 9.17) is 15.0 Å². The molecule has 0 bridgehead atoms. The maximum atomic E-state index is 14.1. The quantitative estimate of drug-likeness (QED) is 0.147. The summed E-state index contributed by atoms with van der Waals surface area (Å²) >= 11 is 0. The Kier molecular flexibility index (Phi) is 12.8. The van der Waals surface area contributed by atoms with Crippen LogP contribution in [0.3, 0.4) is 0 Å². The Morgan fingerprint density at radius 2 is 0.613 bits per heavy atom. The fourth-order valence-corrected chi connectivity index (χ4v) is 17.0. The van der Waals surface area contributed by atoms with Gasteiger partial charge < -0.3 is 9.13 Å². The molecule has 0 spiro atoms. The van der Waals surface area contributed by atoms with Crippen molar-refractivity contribution in [2.45, 2.75) is 0 Å². The highest BCUT2D eigenvalue weighted by atomic mass is 16.1. The molecule has 11 aromatic heterocycles. The Morgan fingerprint density at radius 1 is 0.236 bits per heavy atom. The van der Waals surface area contributed by atoms with E-state index < -0.39 is 0 Å². The fourth-order valence-electron chi connectivity index (χ4n) is 17.0. The van der Waals surface area contributed by atoms with Gasteiger partial charge in [0, 0.05) is 89.5 Å². The minimum atomic E-state index is -0.117. The lowest BCUT2D eigenvalue weighted by Gasteiger charge is -2.14. The first-order chi connectivity index (χ1) is 52.5. The third kappa shape index (κ3) is 8.63. The third-order valence-corrected chi connectivity index (χ3v) is 21.6. The Bertz CT molecular complexity index is 7760. The van der Waals surface area contributed by atoms with E-state index in [0.29, 0.717) is 27.3 Å². The van der Waals surface area contributed by atoms with Crippen LogP contribution in [-0.4, -0.2) is 47.2 Å². The van der Waals surface area contributed by atoms with Crippen LogP contribution in [0, 0.1) is 0 Å². The second-order valence-corrected chi connectivity index (χ2v) is 27.2. The average Bonchev–Trinajstić information content (AvgIpc) is 1.52. The number of pyridine rings is 6. The van der Waals surface area contributed by atoms with Crippen LogP contribution in [0.4, 0.5) is 0 Å². The van der Waals surface area contributed by atoms with E-state index in [1.165, 1.54) is 43.6 Å². The highest BCUT2D eigenvalue weighted by molar-refractivity contribution is 6.23. The number of benzene rings is 12. The van der Waals surface area contributed by atoms with Gasteiger partial charge in [0.05, 0.1) is 71.5 Å². The van der Waals surface area contributed by atoms with Crippen molar-refractivity contribution < 1.29 is 0 Å². The van der Waals surface area contributed by atoms with Crippen LogP contribution in [0.2, 0.25) is 0 Å². The number of nitrogens with zero attached hydrogens (tertiary/aromatic N) is 10. The molecule has 0 aliphatic carbocycles. The Hall–Kier alpha value is -14.6. The molecule has 11 heterocycles. The summed E-state index contributed by atoms with van der Waals surface area (Å²) in [5, 5.41) is 13.4. The number of hydrogen-bond donors (Lipinski definition) is 0. The number of aromatic nitrogens is 10. The van der Waals surface area contributed by atoms with Crippen molar-refractivity contribution in [3.8, 4) is 51.0 Å². The van der Waals surface area contributed by atoms with Gasteiger partial charge in [0.15, 0.2) is 0 Å². The van der Waals surface area contributed by atoms with Crippen LogP contribution in [0.25, 0.3) is 198 Å². The summed E-state index contributed by atoms with van der Waals surface area (Å²) in [5.74, 6) is 1.52. The van der Waals surface area contributed by atoms with Crippen LogP contribution in [0.5, 0.6) is 0 Å². The van der Waals surface area contributed by atoms with Gasteiger partial charge in [-0.2, -0.15) is 0 Å². The van der Waals surface area contributed by atoms with Gasteiger partial charge in [-0.05, 0) is 179 Å². The summed E-state index contributed by atoms with van der Waals surface area (Å²) in [6, 6.07) is 111. The van der Waals surface area contributed by atoms with E-state index in [2.05, 4.69) is 254 Å². The van der Waals surface area contributed by atoms with E-state index in [0.717, 1.165) is 127 Å². The second kappa shape index (κ2) is 22.9. The molecule has 0 unspecified atom stereocenters. The van der Waals surface area contributed by atoms with Gasteiger partial charge in [-0.1, -0.05) is 170 Å². The summed E-state index contributed by atoms with van der Waals surface area (Å²) in [4.78, 5) is 48.0. The maximum Gasteiger partial charge on any atom is 0.265 e. The highest BCUT2D eigenvalue weighted by Crippen LogP contribution is 2.44. The SMILES string of the molecule is O=c1c2ccccc2c2cnc(-n3c4ccccc4c4cc(-c5ccc6c(c5)c5ccccc5n6-c5ccccc5)ccc43)c3c4ncccc4n1c23.O=c1c2cccnc2c2nc(-n3c4ccccc4c4cc(-c5ccc6c(c5)c5ccccc5n6-c5ccccc5)ccc43)ccc2n1-c1ccccc1. The van der Waals surface area contributed by atoms with Crippen molar-refractivity contribution >= 4 is 147 Å². The smallest absolute Gasteiger partial charge is 0.265 e. The molecule has 12 aromatic carbocycles. The summed E-state index contributed by atoms with van der Waals surface area (Å²) in [7, 11) is 0. The van der Waals surface area contributed by atoms with E-state index in [1.807, 2.05) is 95.5 Å². The van der Waals surface area contributed by atoms with Gasteiger partial charge in [0.2, 0.25) is 0 Å². The monoisotopic (exact) mass is 1360 g/mol. The first-order valence-electron chi connectivity index (χ1n) is 35.5. The van der Waals surface area contributed by atoms with E-state index in [9.17, 15) is 9.59 Å². The van der Waals surface area contributed by atoms with Crippen molar-refractivity contribution in [3.05, 3.63) is 361 Å². The Balaban J connectivity index is 0.000000132. The largest absolute Gasteiger partial charge is 0.309 e. The minimum absolute atomic E-state index is 0.0472. The lowest BCUT2D eigenvalue weighted by Crippen LogP contribution is -2.20. The summed E-state index contributed by atoms with van der Waals surface area (Å²) in [5.41, 5.74) is 20.8. The van der Waals surface area contributed by atoms with E-state index in [-0.39, 0.29) is 11.1 Å². The molecule has 0 aliphatic heterocycles. The molecule has 0 fully saturated rings. The lowest BCUT2D eigenvalue weighted by atomic mass is 10.0. The molecule has 0 radical (unpaired) electrons. The highest BCUT2D eigenvalue weighted by Gasteiger charge is 2.26. The van der Waals surface area contributed by atoms with Crippen molar-refractivity contribution in [2.75, 3.05) is 0 Å². The molecule has 106 heavy (non-hydrogen) atoms. The predicted molar refractivity (Wildman–Crippen MR) is 434 cm³/mol. The fraction of sp³-hybridized carbons (Fsp3) is 0. The first-order valence-corrected chi connectivity index (χ1v) is 35.5. The Labute approximate surface area is 602 Å². The van der Waals surface area contributed by atoms with Crippen LogP contribution >= 0.6 is 0 Å². The van der Waals surface area contributed by atoms with Crippen LogP contribution < -0.4 is 11.1 Å². The molecule has 0 amide bonds. The summed E-state index contributed by atoms with van der Waals surface area (Å²) in [6.45, 7) is 0. The molecule has 0 aliphatic rings. The second-order valence-electron chi connectivity index (χ2n) is 27.2. The molecule has 12 heteroatoms. The Morgan fingerprint density at radius 3 is 1.13 bits per heavy atom. The lowest BCUT2D eigenvalue weighted by molar-refractivity contribution is 1.04. The maximum absolute atomic E-state index is 14.1. The molecular weight excluding hydrogens is 1300 g/mol. The van der Waals surface area contributed by atoms with Crippen LogP contribution in [0.1, 0.15) is 0 Å². The standard InChI is InChI=1S/C47H27N5O.C47H29N5O/c53-47-34-16-5-4-13-31(34)37-27-49-46(43-44-42(19-10-24-48-44)52(47)45(37)43)51-39-18-9-7-15-33(39)36-26-29(21-23-41(36)51)28-20-22-40-35(25-28)32-14-6-8-17-38(32)50(40)30-11-2-1-3-12-30;53-47-36-18-11-27-48-45(36)46-43(51(47)33-14-5-2-6-15-33)25-26-44(49-46)52-40-20-10-8-17-35(40)38-29-31(22-24-42(38)52)30-21-23-41-37(28-30)34-16-7-9-19-39(34)50(41)32-12-3-1-4-13-32/h1-27H;1-29H. The molecule has 12 nitrogen and oxygen atoms in total. The molecular formula is C94H56N10O2. The average molecular weight is 1360 g/mol. The number of rotatable bonds is 7. The zero-order valence-electron chi connectivity index (χ0n) is 56.6. The molecule has 0 saturated heterocycles. The van der Waals surface area contributed by atoms with Gasteiger partial charge in [-0.3, -0.25) is 37.7 Å². The molecule has 494 valence electrons. The summed E-state index contributed by atoms with van der Waals surface area (Å²) in [6.07, 6.45) is 5.44. The number of fused-ring (bicyclic) bond motifs is 20. The predicted octanol–water partition coefficient (Wildman–Crippen LogP) is 21.6. The topological polar surface area (TPSA) is 115 Å². The van der Waals surface area contributed by atoms with Crippen molar-refractivity contribution in [3.63, 3.8) is 0 Å². The van der Waals surface area contributed by atoms with E-state index >= 15 is 0 Å². The number of hydrogen-bond acceptors (Lipinski definition) is 6. The van der Waals surface area contributed by atoms with Gasteiger partial charge in [-0.25, -0.2) is 9.97 Å². The zero-order valence-corrected chi connectivity index (χ0v) is 56.6. The molecule has 23 rings (SSSR count). The van der Waals surface area contributed by atoms with Gasteiger partial charge in [0.25, 0.3) is 11.1 Å².